The minimum atomic E-state index is 0.0234. The number of benzene rings is 1. The summed E-state index contributed by atoms with van der Waals surface area (Å²) < 4.78 is 0. The molecule has 0 saturated carbocycles. The highest BCUT2D eigenvalue weighted by molar-refractivity contribution is 5.95. The molecule has 1 aliphatic heterocycles. The highest BCUT2D eigenvalue weighted by Gasteiger charge is 2.14. The van der Waals surface area contributed by atoms with Gasteiger partial charge >= 0.3 is 0 Å². The summed E-state index contributed by atoms with van der Waals surface area (Å²) in [4.78, 5) is 30.6. The van der Waals surface area contributed by atoms with E-state index < -0.39 is 0 Å². The lowest BCUT2D eigenvalue weighted by Crippen LogP contribution is -2.35. The number of aromatic nitrogens is 1. The van der Waals surface area contributed by atoms with Crippen LogP contribution in [0.3, 0.4) is 0 Å². The number of amides is 1. The van der Waals surface area contributed by atoms with Crippen molar-refractivity contribution in [2.24, 2.45) is 0 Å². The fraction of sp³-hybridized carbons (Fsp3) is 0.531. The normalized spacial score (nSPS) is 13.5. The molecule has 1 aliphatic rings. The second kappa shape index (κ2) is 17.6. The van der Waals surface area contributed by atoms with Crippen LogP contribution in [0.5, 0.6) is 0 Å². The minimum Gasteiger partial charge on any atom is -0.339 e. The Morgan fingerprint density at radius 3 is 2.16 bits per heavy atom. The maximum Gasteiger partial charge on any atom is 0.245 e. The third-order valence-electron chi connectivity index (χ3n) is 6.80. The lowest BCUT2D eigenvalue weighted by Gasteiger charge is -2.25. The van der Waals surface area contributed by atoms with Gasteiger partial charge in [0, 0.05) is 36.6 Å². The van der Waals surface area contributed by atoms with Crippen molar-refractivity contribution in [1.82, 2.24) is 14.8 Å². The van der Waals surface area contributed by atoms with Crippen molar-refractivity contribution in [2.45, 2.75) is 86.1 Å². The summed E-state index contributed by atoms with van der Waals surface area (Å²) in [5, 5.41) is 0. The Bertz CT molecular complexity index is 962. The Morgan fingerprint density at radius 1 is 1.05 bits per heavy atom. The molecule has 2 aromatic rings. The van der Waals surface area contributed by atoms with Gasteiger partial charge in [-0.3, -0.25) is 14.6 Å². The molecule has 37 heavy (non-hydrogen) atoms. The van der Waals surface area contributed by atoms with Gasteiger partial charge in [-0.1, -0.05) is 56.7 Å². The lowest BCUT2D eigenvalue weighted by molar-refractivity contribution is -0.126. The summed E-state index contributed by atoms with van der Waals surface area (Å²) in [5.74, 6) is 0.102. The van der Waals surface area contributed by atoms with Crippen LogP contribution in [0.4, 0.5) is 0 Å². The molecule has 204 valence electrons. The number of hydrogen-bond acceptors (Lipinski definition) is 4. The van der Waals surface area contributed by atoms with Gasteiger partial charge in [0.25, 0.3) is 0 Å². The van der Waals surface area contributed by atoms with Crippen LogP contribution in [0.25, 0.3) is 0 Å². The molecule has 1 amide bonds. The average Bonchev–Trinajstić information content (AvgIpc) is 3.40. The second-order valence-corrected chi connectivity index (χ2v) is 9.93. The fourth-order valence-corrected chi connectivity index (χ4v) is 4.44. The van der Waals surface area contributed by atoms with Gasteiger partial charge in [-0.25, -0.2) is 0 Å². The van der Waals surface area contributed by atoms with E-state index >= 15 is 0 Å². The van der Waals surface area contributed by atoms with Crippen LogP contribution in [-0.2, 0) is 11.2 Å². The number of Topliss-reactive ketones (excluding diaryl/α,β-unsaturated/α-hetero) is 1. The Balaban J connectivity index is 0.000000280. The number of rotatable bonds is 9. The van der Waals surface area contributed by atoms with Crippen LogP contribution in [-0.4, -0.2) is 59.2 Å². The first-order chi connectivity index (χ1) is 17.6. The summed E-state index contributed by atoms with van der Waals surface area (Å²) >= 11 is 0. The summed E-state index contributed by atoms with van der Waals surface area (Å²) in [6, 6.07) is 13.0. The van der Waals surface area contributed by atoms with Crippen molar-refractivity contribution in [2.75, 3.05) is 26.7 Å². The monoisotopic (exact) mass is 507 g/mol. The number of aryl methyl sites for hydroxylation is 3. The van der Waals surface area contributed by atoms with E-state index in [4.69, 9.17) is 0 Å². The minimum absolute atomic E-state index is 0.0234. The zero-order chi connectivity index (χ0) is 27.8. The van der Waals surface area contributed by atoms with Crippen molar-refractivity contribution in [3.63, 3.8) is 0 Å². The fourth-order valence-electron chi connectivity index (χ4n) is 4.44. The molecule has 5 nitrogen and oxygen atoms in total. The maximum absolute atomic E-state index is 11.2. The van der Waals surface area contributed by atoms with Crippen molar-refractivity contribution >= 4 is 11.7 Å². The number of likely N-dealkylation sites (N-methyl/N-ethyl adjacent to an activating group) is 1. The van der Waals surface area contributed by atoms with Gasteiger partial charge in [0.2, 0.25) is 5.91 Å². The first-order valence-electron chi connectivity index (χ1n) is 13.7. The van der Waals surface area contributed by atoms with E-state index in [1.54, 1.807) is 11.8 Å². The van der Waals surface area contributed by atoms with Crippen molar-refractivity contribution < 1.29 is 9.59 Å². The number of likely N-dealkylation sites (tertiary alicyclic amines) is 1. The Kier molecular flexibility index (Phi) is 15.4. The van der Waals surface area contributed by atoms with Crippen LogP contribution in [0.15, 0.2) is 49.1 Å². The van der Waals surface area contributed by atoms with E-state index in [9.17, 15) is 9.59 Å². The third-order valence-corrected chi connectivity index (χ3v) is 6.80. The molecular weight excluding hydrogens is 458 g/mol. The highest BCUT2D eigenvalue weighted by atomic mass is 16.2. The Labute approximate surface area is 226 Å². The molecule has 0 aliphatic carbocycles. The van der Waals surface area contributed by atoms with E-state index in [0.717, 1.165) is 36.2 Å². The number of nitrogens with zero attached hydrogens (tertiary/aromatic N) is 3. The molecular formula is C32H49N3O2. The molecule has 2 heterocycles. The smallest absolute Gasteiger partial charge is 0.245 e. The molecule has 0 radical (unpaired) electrons. The number of carbonyl (C=O) groups is 2. The van der Waals surface area contributed by atoms with Crippen LogP contribution >= 0.6 is 0 Å². The second-order valence-electron chi connectivity index (χ2n) is 9.93. The molecule has 1 atom stereocenters. The van der Waals surface area contributed by atoms with Crippen molar-refractivity contribution in [3.8, 4) is 0 Å². The van der Waals surface area contributed by atoms with Gasteiger partial charge < -0.3 is 9.80 Å². The van der Waals surface area contributed by atoms with Crippen molar-refractivity contribution in [3.05, 3.63) is 77.1 Å². The van der Waals surface area contributed by atoms with E-state index in [0.29, 0.717) is 6.04 Å². The van der Waals surface area contributed by atoms with Crippen LogP contribution < -0.4 is 0 Å². The molecule has 5 heteroatoms. The predicted molar refractivity (Wildman–Crippen MR) is 156 cm³/mol. The van der Waals surface area contributed by atoms with Crippen LogP contribution in [0, 0.1) is 20.8 Å². The predicted octanol–water partition coefficient (Wildman–Crippen LogP) is 6.74. The van der Waals surface area contributed by atoms with E-state index in [1.807, 2.05) is 33.0 Å². The standard InChI is InChI=1S/C13H19N.C10H19NO.C9H11NO/c1-12-4-6-13(7-5-12)8-11-14-9-2-3-10-14;1-5-8-9(6-2)11(4)10(12)7-3;1-6-4-5-9(8(3)11)7(2)10-6/h4-7H,2-3,8-11H2,1H3;7,9H,3,5-6,8H2,1-2,4H3;4-5H,1-3H3/t;9-;/m.1./s1. The SMILES string of the molecule is C=CC(=O)N(C)[C@H](CC)CCC.CC(=O)c1ccc(C)nc1C.Cc1ccc(CCN2CCCC2)cc1. The van der Waals surface area contributed by atoms with Gasteiger partial charge in [-0.2, -0.15) is 0 Å². The number of ketones is 1. The van der Waals surface area contributed by atoms with Crippen molar-refractivity contribution in [1.29, 1.82) is 0 Å². The highest BCUT2D eigenvalue weighted by Crippen LogP contribution is 2.11. The summed E-state index contributed by atoms with van der Waals surface area (Å²) in [7, 11) is 1.84. The average molecular weight is 508 g/mol. The molecule has 1 aromatic heterocycles. The molecule has 0 spiro atoms. The number of hydrogen-bond donors (Lipinski definition) is 0. The maximum atomic E-state index is 11.2. The first-order valence-corrected chi connectivity index (χ1v) is 13.7. The number of carbonyl (C=O) groups excluding carboxylic acids is 2. The van der Waals surface area contributed by atoms with E-state index in [-0.39, 0.29) is 11.7 Å². The van der Waals surface area contributed by atoms with Gasteiger partial charge in [0.1, 0.15) is 0 Å². The first kappa shape index (κ1) is 32.2. The zero-order valence-electron chi connectivity index (χ0n) is 24.3. The van der Waals surface area contributed by atoms with Crippen LogP contribution in [0.1, 0.15) is 85.7 Å². The van der Waals surface area contributed by atoms with Gasteiger partial charge in [0.15, 0.2) is 5.78 Å². The number of pyridine rings is 1. The molecule has 1 saturated heterocycles. The van der Waals surface area contributed by atoms with Crippen LogP contribution in [0.2, 0.25) is 0 Å². The topological polar surface area (TPSA) is 53.5 Å². The Hall–Kier alpha value is -2.79. The van der Waals surface area contributed by atoms with E-state index in [1.165, 1.54) is 56.1 Å². The lowest BCUT2D eigenvalue weighted by atomic mass is 10.1. The van der Waals surface area contributed by atoms with Gasteiger partial charge in [-0.15, -0.1) is 0 Å². The third kappa shape index (κ3) is 12.3. The molecule has 0 bridgehead atoms. The summed E-state index contributed by atoms with van der Waals surface area (Å²) in [6.45, 7) is 19.0. The summed E-state index contributed by atoms with van der Waals surface area (Å²) in [6.07, 6.45) is 8.59. The molecule has 0 unspecified atom stereocenters. The largest absolute Gasteiger partial charge is 0.339 e. The van der Waals surface area contributed by atoms with Gasteiger partial charge in [-0.05, 0) is 96.7 Å². The van der Waals surface area contributed by atoms with Gasteiger partial charge in [0.05, 0.1) is 0 Å². The zero-order valence-corrected chi connectivity index (χ0v) is 24.3. The Morgan fingerprint density at radius 2 is 1.68 bits per heavy atom. The molecule has 1 fully saturated rings. The quantitative estimate of drug-likeness (QED) is 0.278. The van der Waals surface area contributed by atoms with E-state index in [2.05, 4.69) is 61.5 Å². The molecule has 3 rings (SSSR count). The molecule has 1 aromatic carbocycles. The summed E-state index contributed by atoms with van der Waals surface area (Å²) in [5.41, 5.74) is 5.32. The molecule has 0 N–H and O–H groups in total.